The average Bonchev–Trinajstić information content (AvgIpc) is 2.27. The zero-order valence-electron chi connectivity index (χ0n) is 10.1. The first-order valence-corrected chi connectivity index (χ1v) is 5.28. The number of carbonyl (C=O) groups excluding carboxylic acids is 2. The number of carbonyl (C=O) groups is 2. The van der Waals surface area contributed by atoms with Gasteiger partial charge in [0.2, 0.25) is 0 Å². The van der Waals surface area contributed by atoms with Gasteiger partial charge in [-0.05, 0) is 24.7 Å². The largest absolute Gasteiger partial charge is 0.478 e. The normalized spacial score (nSPS) is 10.1. The number of nitrogens with two attached hydrogens (primary N) is 1. The van der Waals surface area contributed by atoms with Crippen LogP contribution in [0.25, 0.3) is 0 Å². The quantitative estimate of drug-likeness (QED) is 0.717. The Bertz CT molecular complexity index is 471. The van der Waals surface area contributed by atoms with Crippen molar-refractivity contribution in [3.63, 3.8) is 0 Å². The summed E-state index contributed by atoms with van der Waals surface area (Å²) in [4.78, 5) is 21.4. The first kappa shape index (κ1) is 14.8. The highest BCUT2D eigenvalue weighted by Gasteiger charge is 2.14. The van der Waals surface area contributed by atoms with Gasteiger partial charge in [0.1, 0.15) is 0 Å². The monoisotopic (exact) mass is 273 g/mol. The average molecular weight is 273 g/mol. The second-order valence-electron chi connectivity index (χ2n) is 3.62. The summed E-state index contributed by atoms with van der Waals surface area (Å²) in [5.41, 5.74) is 5.09. The number of halogens is 2. The zero-order valence-corrected chi connectivity index (χ0v) is 10.1. The maximum atomic E-state index is 13.5. The third-order valence-corrected chi connectivity index (χ3v) is 2.05. The van der Waals surface area contributed by atoms with Gasteiger partial charge in [0.15, 0.2) is 24.0 Å². The van der Waals surface area contributed by atoms with E-state index in [0.717, 1.165) is 12.1 Å². The first-order valence-electron chi connectivity index (χ1n) is 5.28. The second-order valence-corrected chi connectivity index (χ2v) is 3.62. The lowest BCUT2D eigenvalue weighted by molar-refractivity contribution is -0.122. The van der Waals surface area contributed by atoms with E-state index in [-0.39, 0.29) is 6.54 Å². The number of hydrogen-bond acceptors (Lipinski definition) is 4. The third-order valence-electron chi connectivity index (χ3n) is 2.05. The molecule has 1 aromatic carbocycles. The topological polar surface area (TPSA) is 93.4 Å². The van der Waals surface area contributed by atoms with E-state index in [9.17, 15) is 18.4 Å². The number of nitrogens with one attached hydrogen (secondary N) is 2. The standard InChI is InChI=1S/C11H13F2N3O3/c1-15-4-6-2-7(12)10(8(13)3-6)19-5-9(17)16-11(14)18/h2-3,15H,4-5H2,1H3,(H3,14,16,17,18). The lowest BCUT2D eigenvalue weighted by atomic mass is 10.2. The van der Waals surface area contributed by atoms with Crippen molar-refractivity contribution in [2.75, 3.05) is 13.7 Å². The van der Waals surface area contributed by atoms with Gasteiger partial charge in [-0.3, -0.25) is 10.1 Å². The van der Waals surface area contributed by atoms with Crippen molar-refractivity contribution in [1.29, 1.82) is 0 Å². The number of amides is 3. The molecule has 0 unspecified atom stereocenters. The van der Waals surface area contributed by atoms with Gasteiger partial charge in [-0.1, -0.05) is 0 Å². The molecule has 8 heteroatoms. The summed E-state index contributed by atoms with van der Waals surface area (Å²) < 4.78 is 31.7. The van der Waals surface area contributed by atoms with Crippen LogP contribution in [0.15, 0.2) is 12.1 Å². The van der Waals surface area contributed by atoms with Crippen molar-refractivity contribution in [1.82, 2.24) is 10.6 Å². The van der Waals surface area contributed by atoms with Gasteiger partial charge in [-0.2, -0.15) is 0 Å². The maximum Gasteiger partial charge on any atom is 0.318 e. The highest BCUT2D eigenvalue weighted by molar-refractivity contribution is 5.94. The van der Waals surface area contributed by atoms with Crippen LogP contribution in [-0.4, -0.2) is 25.6 Å². The molecule has 104 valence electrons. The van der Waals surface area contributed by atoms with Gasteiger partial charge >= 0.3 is 6.03 Å². The van der Waals surface area contributed by atoms with E-state index in [2.05, 4.69) is 10.1 Å². The Morgan fingerprint density at radius 2 is 1.89 bits per heavy atom. The molecule has 1 aromatic rings. The molecule has 19 heavy (non-hydrogen) atoms. The molecule has 0 atom stereocenters. The van der Waals surface area contributed by atoms with E-state index >= 15 is 0 Å². The van der Waals surface area contributed by atoms with Crippen LogP contribution in [-0.2, 0) is 11.3 Å². The summed E-state index contributed by atoms with van der Waals surface area (Å²) in [7, 11) is 1.63. The fourth-order valence-electron chi connectivity index (χ4n) is 1.37. The SMILES string of the molecule is CNCc1cc(F)c(OCC(=O)NC(N)=O)c(F)c1. The van der Waals surface area contributed by atoms with Crippen molar-refractivity contribution in [3.8, 4) is 5.75 Å². The molecule has 0 saturated heterocycles. The number of urea groups is 1. The van der Waals surface area contributed by atoms with Gasteiger partial charge in [-0.15, -0.1) is 0 Å². The van der Waals surface area contributed by atoms with E-state index in [4.69, 9.17) is 5.73 Å². The minimum absolute atomic E-state index is 0.288. The Labute approximate surface area is 107 Å². The smallest absolute Gasteiger partial charge is 0.318 e. The van der Waals surface area contributed by atoms with Crippen LogP contribution in [0.4, 0.5) is 13.6 Å². The Morgan fingerprint density at radius 3 is 2.37 bits per heavy atom. The molecule has 0 aliphatic rings. The number of imide groups is 1. The molecule has 4 N–H and O–H groups in total. The summed E-state index contributed by atoms with van der Waals surface area (Å²) in [5.74, 6) is -3.45. The Kier molecular flexibility index (Phi) is 5.19. The first-order chi connectivity index (χ1) is 8.93. The van der Waals surface area contributed by atoms with Gasteiger partial charge in [-0.25, -0.2) is 13.6 Å². The van der Waals surface area contributed by atoms with Crippen LogP contribution < -0.4 is 21.1 Å². The molecule has 0 aliphatic heterocycles. The summed E-state index contributed by atoms with van der Waals surface area (Å²) >= 11 is 0. The lowest BCUT2D eigenvalue weighted by Gasteiger charge is -2.09. The number of primary amides is 1. The highest BCUT2D eigenvalue weighted by atomic mass is 19.1. The lowest BCUT2D eigenvalue weighted by Crippen LogP contribution is -2.38. The highest BCUT2D eigenvalue weighted by Crippen LogP contribution is 2.23. The predicted molar refractivity (Wildman–Crippen MR) is 62.3 cm³/mol. The molecule has 0 fully saturated rings. The Balaban J connectivity index is 2.73. The number of benzene rings is 1. The molecular formula is C11H13F2N3O3. The summed E-state index contributed by atoms with van der Waals surface area (Å²) in [6.45, 7) is -0.432. The molecule has 0 spiro atoms. The molecule has 6 nitrogen and oxygen atoms in total. The fourth-order valence-corrected chi connectivity index (χ4v) is 1.37. The summed E-state index contributed by atoms with van der Waals surface area (Å²) in [6, 6.07) is 1.10. The van der Waals surface area contributed by atoms with Crippen LogP contribution in [0.1, 0.15) is 5.56 Å². The van der Waals surface area contributed by atoms with Gasteiger partial charge in [0.05, 0.1) is 0 Å². The van der Waals surface area contributed by atoms with Gasteiger partial charge in [0.25, 0.3) is 5.91 Å². The number of ether oxygens (including phenoxy) is 1. The van der Waals surface area contributed by atoms with E-state index < -0.39 is 35.9 Å². The zero-order chi connectivity index (χ0) is 14.4. The van der Waals surface area contributed by atoms with Crippen molar-refractivity contribution in [2.45, 2.75) is 6.54 Å². The van der Waals surface area contributed by atoms with Gasteiger partial charge < -0.3 is 15.8 Å². The van der Waals surface area contributed by atoms with Gasteiger partial charge in [0, 0.05) is 6.54 Å². The van der Waals surface area contributed by atoms with Crippen LogP contribution in [0.3, 0.4) is 0 Å². The van der Waals surface area contributed by atoms with Crippen LogP contribution >= 0.6 is 0 Å². The van der Waals surface area contributed by atoms with E-state index in [1.807, 2.05) is 0 Å². The van der Waals surface area contributed by atoms with E-state index in [1.165, 1.54) is 0 Å². The van der Waals surface area contributed by atoms with Crippen LogP contribution in [0.2, 0.25) is 0 Å². The predicted octanol–water partition coefficient (Wildman–Crippen LogP) is 0.258. The summed E-state index contributed by atoms with van der Waals surface area (Å²) in [5, 5.41) is 4.44. The second kappa shape index (κ2) is 6.64. The Morgan fingerprint density at radius 1 is 1.32 bits per heavy atom. The number of hydrogen-bond donors (Lipinski definition) is 3. The molecule has 0 saturated carbocycles. The van der Waals surface area contributed by atoms with E-state index in [0.29, 0.717) is 5.56 Å². The van der Waals surface area contributed by atoms with Crippen molar-refractivity contribution in [2.24, 2.45) is 5.73 Å². The number of rotatable bonds is 5. The minimum Gasteiger partial charge on any atom is -0.478 e. The fraction of sp³-hybridized carbons (Fsp3) is 0.273. The molecule has 1 rings (SSSR count). The van der Waals surface area contributed by atoms with Crippen molar-refractivity contribution < 1.29 is 23.1 Å². The van der Waals surface area contributed by atoms with Crippen molar-refractivity contribution in [3.05, 3.63) is 29.3 Å². The molecular weight excluding hydrogens is 260 g/mol. The maximum absolute atomic E-state index is 13.5. The van der Waals surface area contributed by atoms with Crippen molar-refractivity contribution >= 4 is 11.9 Å². The van der Waals surface area contributed by atoms with E-state index in [1.54, 1.807) is 12.4 Å². The van der Waals surface area contributed by atoms with Crippen LogP contribution in [0.5, 0.6) is 5.75 Å². The molecule has 0 bridgehead atoms. The minimum atomic E-state index is -1.07. The molecule has 0 aromatic heterocycles. The third kappa shape index (κ3) is 4.51. The Hall–Kier alpha value is -2.22. The summed E-state index contributed by atoms with van der Waals surface area (Å²) in [6.07, 6.45) is 0. The molecule has 0 radical (unpaired) electrons. The molecule has 0 aliphatic carbocycles. The molecule has 3 amide bonds. The van der Waals surface area contributed by atoms with Crippen LogP contribution in [0, 0.1) is 11.6 Å². The molecule has 0 heterocycles.